The first-order valence-corrected chi connectivity index (χ1v) is 9.37. The van der Waals surface area contributed by atoms with Gasteiger partial charge in [0.05, 0.1) is 17.3 Å². The molecule has 0 aliphatic carbocycles. The van der Waals surface area contributed by atoms with Crippen molar-refractivity contribution >= 4 is 28.4 Å². The predicted molar refractivity (Wildman–Crippen MR) is 109 cm³/mol. The number of aromatic nitrogens is 5. The van der Waals surface area contributed by atoms with Crippen LogP contribution in [0.5, 0.6) is 0 Å². The minimum Gasteiger partial charge on any atom is -0.352 e. The Morgan fingerprint density at radius 3 is 2.74 bits per heavy atom. The van der Waals surface area contributed by atoms with Crippen LogP contribution < -0.4 is 10.6 Å². The number of H-pyrrole nitrogens is 1. The lowest BCUT2D eigenvalue weighted by Gasteiger charge is -2.12. The van der Waals surface area contributed by atoms with Crippen LogP contribution in [0.1, 0.15) is 22.8 Å². The number of aromatic amines is 1. The molecule has 3 N–H and O–H groups in total. The second kappa shape index (κ2) is 7.74. The molecule has 0 aliphatic heterocycles. The Hall–Kier alpha value is -3.89. The number of hydrogen-bond donors (Lipinski definition) is 3. The second-order valence-corrected chi connectivity index (χ2v) is 6.80. The predicted octanol–water partition coefficient (Wildman–Crippen LogP) is 3.87. The molecule has 2 aromatic heterocycles. The van der Waals surface area contributed by atoms with Crippen molar-refractivity contribution in [1.82, 2.24) is 30.3 Å². The zero-order valence-electron chi connectivity index (χ0n) is 16.6. The molecule has 0 spiro atoms. The van der Waals surface area contributed by atoms with E-state index in [1.54, 1.807) is 26.2 Å². The lowest BCUT2D eigenvalue weighted by Crippen LogP contribution is -2.23. The van der Waals surface area contributed by atoms with Crippen LogP contribution in [-0.2, 0) is 13.2 Å². The first-order chi connectivity index (χ1) is 14.8. The second-order valence-electron chi connectivity index (χ2n) is 6.80. The van der Waals surface area contributed by atoms with Gasteiger partial charge in [0.15, 0.2) is 5.82 Å². The van der Waals surface area contributed by atoms with Crippen molar-refractivity contribution in [2.45, 2.75) is 13.1 Å². The standard InChI is InChI=1S/C20H18F3N7O/c1-3-24-18(31)11-4-6-14(15(9-11)20(21,22)23)17-27-19(30(2)29-17)26-13-5-7-16-12(8-13)10-25-28-16/h4-10H,3H2,1-2H3,(H,24,31)(H,25,28)(H,26,27,29). The molecule has 8 nitrogen and oxygen atoms in total. The molecule has 2 aromatic carbocycles. The zero-order chi connectivity index (χ0) is 22.2. The molecular weight excluding hydrogens is 411 g/mol. The van der Waals surface area contributed by atoms with Gasteiger partial charge in [-0.05, 0) is 43.3 Å². The number of amides is 1. The highest BCUT2D eigenvalue weighted by molar-refractivity contribution is 5.95. The van der Waals surface area contributed by atoms with Crippen LogP contribution in [0.2, 0.25) is 0 Å². The Bertz CT molecular complexity index is 1260. The molecule has 0 fully saturated rings. The zero-order valence-corrected chi connectivity index (χ0v) is 16.6. The van der Waals surface area contributed by atoms with Gasteiger partial charge in [0.25, 0.3) is 5.91 Å². The number of hydrogen-bond acceptors (Lipinski definition) is 5. The van der Waals surface area contributed by atoms with E-state index in [4.69, 9.17) is 0 Å². The van der Waals surface area contributed by atoms with Gasteiger partial charge in [0.2, 0.25) is 5.95 Å². The first kappa shape index (κ1) is 20.4. The third kappa shape index (κ3) is 4.06. The average Bonchev–Trinajstić information content (AvgIpc) is 3.33. The van der Waals surface area contributed by atoms with Crippen molar-refractivity contribution < 1.29 is 18.0 Å². The van der Waals surface area contributed by atoms with E-state index in [1.165, 1.54) is 16.8 Å². The lowest BCUT2D eigenvalue weighted by molar-refractivity contribution is -0.137. The number of carbonyl (C=O) groups excluding carboxylic acids is 1. The summed E-state index contributed by atoms with van der Waals surface area (Å²) in [6.07, 6.45) is -3.02. The number of anilines is 2. The van der Waals surface area contributed by atoms with Gasteiger partial charge in [-0.1, -0.05) is 0 Å². The van der Waals surface area contributed by atoms with Crippen LogP contribution in [0.15, 0.2) is 42.6 Å². The molecule has 0 radical (unpaired) electrons. The van der Waals surface area contributed by atoms with E-state index < -0.39 is 17.6 Å². The smallest absolute Gasteiger partial charge is 0.352 e. The maximum atomic E-state index is 13.7. The van der Waals surface area contributed by atoms with Crippen LogP contribution in [0, 0.1) is 0 Å². The highest BCUT2D eigenvalue weighted by atomic mass is 19.4. The molecule has 0 unspecified atom stereocenters. The number of nitrogens with zero attached hydrogens (tertiary/aromatic N) is 4. The van der Waals surface area contributed by atoms with E-state index >= 15 is 0 Å². The van der Waals surface area contributed by atoms with E-state index in [1.807, 2.05) is 12.1 Å². The molecule has 0 saturated heterocycles. The molecule has 160 valence electrons. The van der Waals surface area contributed by atoms with Gasteiger partial charge in [-0.25, -0.2) is 4.68 Å². The van der Waals surface area contributed by atoms with Gasteiger partial charge in [-0.15, -0.1) is 5.10 Å². The Morgan fingerprint density at radius 2 is 2.00 bits per heavy atom. The Kier molecular flexibility index (Phi) is 5.09. The maximum Gasteiger partial charge on any atom is 0.417 e. The number of aryl methyl sites for hydroxylation is 1. The molecule has 2 heterocycles. The normalized spacial score (nSPS) is 11.6. The van der Waals surface area contributed by atoms with Crippen molar-refractivity contribution in [3.63, 3.8) is 0 Å². The lowest BCUT2D eigenvalue weighted by atomic mass is 10.0. The Balaban J connectivity index is 1.70. The highest BCUT2D eigenvalue weighted by Gasteiger charge is 2.35. The topological polar surface area (TPSA) is 101 Å². The van der Waals surface area contributed by atoms with Crippen LogP contribution in [-0.4, -0.2) is 37.4 Å². The molecular formula is C20H18F3N7O. The van der Waals surface area contributed by atoms with E-state index in [9.17, 15) is 18.0 Å². The number of alkyl halides is 3. The quantitative estimate of drug-likeness (QED) is 0.447. The fraction of sp³-hybridized carbons (Fsp3) is 0.200. The van der Waals surface area contributed by atoms with Crippen LogP contribution in [0.3, 0.4) is 0 Å². The Morgan fingerprint density at radius 1 is 1.19 bits per heavy atom. The molecule has 4 aromatic rings. The summed E-state index contributed by atoms with van der Waals surface area (Å²) in [5.74, 6) is -0.423. The summed E-state index contributed by atoms with van der Waals surface area (Å²) < 4.78 is 42.5. The van der Waals surface area contributed by atoms with Crippen molar-refractivity contribution in [3.8, 4) is 11.4 Å². The summed E-state index contributed by atoms with van der Waals surface area (Å²) in [4.78, 5) is 16.2. The van der Waals surface area contributed by atoms with Gasteiger partial charge in [0, 0.05) is 35.8 Å². The van der Waals surface area contributed by atoms with E-state index in [0.717, 1.165) is 17.0 Å². The van der Waals surface area contributed by atoms with Crippen LogP contribution in [0.4, 0.5) is 24.8 Å². The number of benzene rings is 2. The molecule has 31 heavy (non-hydrogen) atoms. The van der Waals surface area contributed by atoms with Crippen molar-refractivity contribution in [2.24, 2.45) is 7.05 Å². The van der Waals surface area contributed by atoms with Crippen molar-refractivity contribution in [1.29, 1.82) is 0 Å². The minimum atomic E-state index is -4.68. The fourth-order valence-electron chi connectivity index (χ4n) is 3.13. The van der Waals surface area contributed by atoms with Gasteiger partial charge in [0.1, 0.15) is 0 Å². The minimum absolute atomic E-state index is 0.0828. The SMILES string of the molecule is CCNC(=O)c1ccc(-c2nc(Nc3ccc4[nH]ncc4c3)n(C)n2)c(C(F)(F)F)c1. The fourth-order valence-corrected chi connectivity index (χ4v) is 3.13. The van der Waals surface area contributed by atoms with Gasteiger partial charge < -0.3 is 10.6 Å². The maximum absolute atomic E-state index is 13.7. The van der Waals surface area contributed by atoms with Crippen LogP contribution >= 0.6 is 0 Å². The summed E-state index contributed by atoms with van der Waals surface area (Å²) in [5, 5.41) is 17.3. The highest BCUT2D eigenvalue weighted by Crippen LogP contribution is 2.37. The summed E-state index contributed by atoms with van der Waals surface area (Å²) in [6, 6.07) is 8.79. The molecule has 0 aliphatic rings. The molecule has 0 saturated carbocycles. The number of halogens is 3. The number of fused-ring (bicyclic) bond motifs is 1. The van der Waals surface area contributed by atoms with Gasteiger partial charge in [-0.3, -0.25) is 9.89 Å². The first-order valence-electron chi connectivity index (χ1n) is 9.37. The third-order valence-electron chi connectivity index (χ3n) is 4.62. The van der Waals surface area contributed by atoms with E-state index in [2.05, 4.69) is 30.9 Å². The number of nitrogens with one attached hydrogen (secondary N) is 3. The summed E-state index contributed by atoms with van der Waals surface area (Å²) >= 11 is 0. The van der Waals surface area contributed by atoms with E-state index in [0.29, 0.717) is 12.2 Å². The summed E-state index contributed by atoms with van der Waals surface area (Å²) in [5.41, 5.74) is 0.258. The molecule has 0 atom stereocenters. The van der Waals surface area contributed by atoms with Crippen molar-refractivity contribution in [2.75, 3.05) is 11.9 Å². The number of rotatable bonds is 5. The van der Waals surface area contributed by atoms with E-state index in [-0.39, 0.29) is 22.9 Å². The number of carbonyl (C=O) groups is 1. The summed E-state index contributed by atoms with van der Waals surface area (Å²) in [7, 11) is 1.57. The molecule has 1 amide bonds. The van der Waals surface area contributed by atoms with Gasteiger partial charge >= 0.3 is 6.18 Å². The molecule has 11 heteroatoms. The monoisotopic (exact) mass is 429 g/mol. The summed E-state index contributed by atoms with van der Waals surface area (Å²) in [6.45, 7) is 2.00. The largest absolute Gasteiger partial charge is 0.417 e. The third-order valence-corrected chi connectivity index (χ3v) is 4.62. The van der Waals surface area contributed by atoms with Crippen LogP contribution in [0.25, 0.3) is 22.3 Å². The Labute approximate surface area is 174 Å². The molecule has 0 bridgehead atoms. The van der Waals surface area contributed by atoms with Crippen molar-refractivity contribution in [3.05, 3.63) is 53.7 Å². The van der Waals surface area contributed by atoms with Gasteiger partial charge in [-0.2, -0.15) is 23.3 Å². The molecule has 4 rings (SSSR count). The average molecular weight is 429 g/mol.